The maximum Gasteiger partial charge on any atom is 0.227 e. The van der Waals surface area contributed by atoms with Crippen LogP contribution in [-0.2, 0) is 4.79 Å². The van der Waals surface area contributed by atoms with Crippen molar-refractivity contribution in [2.45, 2.75) is 58.4 Å². The standard InChI is InChI=1S/C14H26N2O.ClH/c1-3-14(4-2,9-15)13(17)16-12-8-10-5-6-11(12)7-10;/h10-12H,3-9,15H2,1-2H3,(H,16,17);1H. The number of amides is 1. The Morgan fingerprint density at radius 1 is 1.28 bits per heavy atom. The summed E-state index contributed by atoms with van der Waals surface area (Å²) in [6.45, 7) is 4.60. The van der Waals surface area contributed by atoms with Gasteiger partial charge in [0.15, 0.2) is 0 Å². The Morgan fingerprint density at radius 3 is 2.33 bits per heavy atom. The first-order valence-corrected chi connectivity index (χ1v) is 7.16. The van der Waals surface area contributed by atoms with Gasteiger partial charge in [0.1, 0.15) is 0 Å². The van der Waals surface area contributed by atoms with Crippen LogP contribution in [0.3, 0.4) is 0 Å². The molecule has 2 aliphatic carbocycles. The van der Waals surface area contributed by atoms with Crippen molar-refractivity contribution in [3.8, 4) is 0 Å². The molecule has 3 atom stereocenters. The van der Waals surface area contributed by atoms with Gasteiger partial charge in [0.2, 0.25) is 5.91 Å². The van der Waals surface area contributed by atoms with E-state index in [0.29, 0.717) is 12.6 Å². The van der Waals surface area contributed by atoms with Crippen molar-refractivity contribution in [2.24, 2.45) is 23.0 Å². The molecule has 3 N–H and O–H groups in total. The highest BCUT2D eigenvalue weighted by atomic mass is 35.5. The lowest BCUT2D eigenvalue weighted by molar-refractivity contribution is -0.132. The van der Waals surface area contributed by atoms with Gasteiger partial charge in [-0.05, 0) is 43.9 Å². The van der Waals surface area contributed by atoms with E-state index in [4.69, 9.17) is 5.73 Å². The van der Waals surface area contributed by atoms with Crippen molar-refractivity contribution in [2.75, 3.05) is 6.54 Å². The van der Waals surface area contributed by atoms with E-state index < -0.39 is 0 Å². The Hall–Kier alpha value is -0.280. The number of hydrogen-bond donors (Lipinski definition) is 2. The summed E-state index contributed by atoms with van der Waals surface area (Å²) in [5, 5.41) is 3.29. The lowest BCUT2D eigenvalue weighted by Crippen LogP contribution is -2.50. The molecule has 0 saturated heterocycles. The number of hydrogen-bond acceptors (Lipinski definition) is 2. The average molecular weight is 275 g/mol. The smallest absolute Gasteiger partial charge is 0.227 e. The fourth-order valence-electron chi connectivity index (χ4n) is 3.70. The molecule has 0 radical (unpaired) electrons. The molecule has 2 aliphatic rings. The van der Waals surface area contributed by atoms with Gasteiger partial charge in [0.05, 0.1) is 5.41 Å². The van der Waals surface area contributed by atoms with Crippen molar-refractivity contribution in [1.82, 2.24) is 5.32 Å². The van der Waals surface area contributed by atoms with E-state index in [9.17, 15) is 4.79 Å². The Balaban J connectivity index is 0.00000162. The topological polar surface area (TPSA) is 55.1 Å². The van der Waals surface area contributed by atoms with Gasteiger partial charge in [0.25, 0.3) is 0 Å². The van der Waals surface area contributed by atoms with Crippen LogP contribution in [0, 0.1) is 17.3 Å². The minimum atomic E-state index is -0.332. The summed E-state index contributed by atoms with van der Waals surface area (Å²) in [5.74, 6) is 1.82. The molecule has 0 heterocycles. The van der Waals surface area contributed by atoms with Crippen molar-refractivity contribution in [3.05, 3.63) is 0 Å². The van der Waals surface area contributed by atoms with E-state index in [-0.39, 0.29) is 23.7 Å². The zero-order chi connectivity index (χ0) is 12.5. The summed E-state index contributed by atoms with van der Waals surface area (Å²) in [6, 6.07) is 0.435. The fourth-order valence-corrected chi connectivity index (χ4v) is 3.70. The van der Waals surface area contributed by atoms with E-state index in [2.05, 4.69) is 19.2 Å². The highest BCUT2D eigenvalue weighted by Crippen LogP contribution is 2.44. The molecule has 3 nitrogen and oxygen atoms in total. The maximum absolute atomic E-state index is 12.4. The Kier molecular flexibility index (Phi) is 5.47. The molecule has 2 bridgehead atoms. The predicted molar refractivity (Wildman–Crippen MR) is 76.7 cm³/mol. The summed E-state index contributed by atoms with van der Waals surface area (Å²) >= 11 is 0. The maximum atomic E-state index is 12.4. The first kappa shape index (κ1) is 15.8. The van der Waals surface area contributed by atoms with Crippen LogP contribution in [0.2, 0.25) is 0 Å². The fraction of sp³-hybridized carbons (Fsp3) is 0.929. The van der Waals surface area contributed by atoms with E-state index in [1.54, 1.807) is 0 Å². The number of carbonyl (C=O) groups excluding carboxylic acids is 1. The van der Waals surface area contributed by atoms with Gasteiger partial charge in [-0.15, -0.1) is 12.4 Å². The number of fused-ring (bicyclic) bond motifs is 2. The minimum absolute atomic E-state index is 0. The predicted octanol–water partition coefficient (Wildman–Crippen LogP) is 2.48. The quantitative estimate of drug-likeness (QED) is 0.809. The number of carbonyl (C=O) groups is 1. The summed E-state index contributed by atoms with van der Waals surface area (Å²) < 4.78 is 0. The molecule has 0 aliphatic heterocycles. The molecule has 1 amide bonds. The minimum Gasteiger partial charge on any atom is -0.353 e. The molecule has 2 saturated carbocycles. The van der Waals surface area contributed by atoms with E-state index in [1.165, 1.54) is 25.7 Å². The van der Waals surface area contributed by atoms with Crippen molar-refractivity contribution < 1.29 is 4.79 Å². The molecular formula is C14H27ClN2O. The number of rotatable bonds is 5. The van der Waals surface area contributed by atoms with Crippen LogP contribution in [0.1, 0.15) is 52.4 Å². The highest BCUT2D eigenvalue weighted by molar-refractivity contribution is 5.85. The van der Waals surface area contributed by atoms with Crippen molar-refractivity contribution in [1.29, 1.82) is 0 Å². The molecule has 2 rings (SSSR count). The van der Waals surface area contributed by atoms with E-state index in [1.807, 2.05) is 0 Å². The normalized spacial score (nSPS) is 30.1. The van der Waals surface area contributed by atoms with Crippen molar-refractivity contribution in [3.63, 3.8) is 0 Å². The second kappa shape index (κ2) is 6.25. The first-order chi connectivity index (χ1) is 8.15. The van der Waals surface area contributed by atoms with Gasteiger partial charge >= 0.3 is 0 Å². The summed E-state index contributed by atoms with van der Waals surface area (Å²) in [6.07, 6.45) is 6.90. The van der Waals surface area contributed by atoms with E-state index >= 15 is 0 Å². The second-order valence-electron chi connectivity index (χ2n) is 5.95. The summed E-state index contributed by atoms with van der Waals surface area (Å²) in [4.78, 5) is 12.4. The first-order valence-electron chi connectivity index (χ1n) is 7.16. The van der Waals surface area contributed by atoms with Gasteiger partial charge in [-0.3, -0.25) is 4.79 Å². The third-order valence-electron chi connectivity index (χ3n) is 5.28. The van der Waals surface area contributed by atoms with Crippen LogP contribution in [0.25, 0.3) is 0 Å². The summed E-state index contributed by atoms with van der Waals surface area (Å²) in [7, 11) is 0. The van der Waals surface area contributed by atoms with Crippen LogP contribution in [0.4, 0.5) is 0 Å². The lowest BCUT2D eigenvalue weighted by Gasteiger charge is -2.32. The van der Waals surface area contributed by atoms with Crippen LogP contribution < -0.4 is 11.1 Å². The molecule has 18 heavy (non-hydrogen) atoms. The monoisotopic (exact) mass is 274 g/mol. The molecule has 0 spiro atoms. The number of halogens is 1. The SMILES string of the molecule is CCC(CC)(CN)C(=O)NC1CC2CCC1C2.Cl. The highest BCUT2D eigenvalue weighted by Gasteiger charge is 2.42. The van der Waals surface area contributed by atoms with Gasteiger partial charge in [-0.25, -0.2) is 0 Å². The van der Waals surface area contributed by atoms with Crippen LogP contribution in [0.5, 0.6) is 0 Å². The van der Waals surface area contributed by atoms with Gasteiger partial charge in [0, 0.05) is 12.6 Å². The zero-order valence-corrected chi connectivity index (χ0v) is 12.4. The molecule has 106 valence electrons. The molecule has 0 aromatic heterocycles. The molecule has 0 aromatic carbocycles. The molecule has 4 heteroatoms. The third-order valence-corrected chi connectivity index (χ3v) is 5.28. The number of nitrogens with one attached hydrogen (secondary N) is 1. The van der Waals surface area contributed by atoms with Gasteiger partial charge < -0.3 is 11.1 Å². The third kappa shape index (κ3) is 2.67. The van der Waals surface area contributed by atoms with Crippen LogP contribution in [-0.4, -0.2) is 18.5 Å². The zero-order valence-electron chi connectivity index (χ0n) is 11.6. The second-order valence-corrected chi connectivity index (χ2v) is 5.95. The lowest BCUT2D eigenvalue weighted by atomic mass is 9.80. The molecule has 2 fully saturated rings. The van der Waals surface area contributed by atoms with E-state index in [0.717, 1.165) is 24.7 Å². The van der Waals surface area contributed by atoms with Crippen LogP contribution in [0.15, 0.2) is 0 Å². The van der Waals surface area contributed by atoms with Crippen LogP contribution >= 0.6 is 12.4 Å². The van der Waals surface area contributed by atoms with Crippen molar-refractivity contribution >= 4 is 18.3 Å². The Bertz CT molecular complexity index is 283. The average Bonchev–Trinajstić information content (AvgIpc) is 2.94. The van der Waals surface area contributed by atoms with Gasteiger partial charge in [-0.2, -0.15) is 0 Å². The Morgan fingerprint density at radius 2 is 1.94 bits per heavy atom. The molecular weight excluding hydrogens is 248 g/mol. The molecule has 0 aromatic rings. The summed E-state index contributed by atoms with van der Waals surface area (Å²) in [5.41, 5.74) is 5.49. The van der Waals surface area contributed by atoms with Gasteiger partial charge in [-0.1, -0.05) is 20.3 Å². The largest absolute Gasteiger partial charge is 0.353 e. The Labute approximate surface area is 117 Å². The number of nitrogens with two attached hydrogens (primary N) is 1. The molecule has 3 unspecified atom stereocenters.